The Labute approximate surface area is 102 Å². The lowest BCUT2D eigenvalue weighted by Gasteiger charge is -2.23. The molecule has 0 aromatic heterocycles. The molecule has 0 aromatic carbocycles. The van der Waals surface area contributed by atoms with Crippen molar-refractivity contribution in [1.29, 1.82) is 0 Å². The average Bonchev–Trinajstić information content (AvgIpc) is 2.69. The number of hydrogen-bond acceptors (Lipinski definition) is 1. The van der Waals surface area contributed by atoms with Gasteiger partial charge < -0.3 is 5.73 Å². The largest absolute Gasteiger partial charge is 0.327 e. The molecule has 1 heteroatoms. The Morgan fingerprint density at radius 2 is 1.75 bits per heavy atom. The summed E-state index contributed by atoms with van der Waals surface area (Å²) in [5, 5.41) is 0. The zero-order valence-electron chi connectivity index (χ0n) is 11.4. The SMILES string of the molecule is CCCCCCCCC(N)C1CCCC1C. The summed E-state index contributed by atoms with van der Waals surface area (Å²) in [4.78, 5) is 0. The van der Waals surface area contributed by atoms with Gasteiger partial charge in [0.2, 0.25) is 0 Å². The fourth-order valence-corrected chi connectivity index (χ4v) is 3.18. The van der Waals surface area contributed by atoms with Crippen LogP contribution in [0.15, 0.2) is 0 Å². The van der Waals surface area contributed by atoms with E-state index in [-0.39, 0.29) is 0 Å². The Kier molecular flexibility index (Phi) is 7.11. The Balaban J connectivity index is 1.99. The van der Waals surface area contributed by atoms with Crippen molar-refractivity contribution < 1.29 is 0 Å². The quantitative estimate of drug-likeness (QED) is 0.605. The fourth-order valence-electron chi connectivity index (χ4n) is 3.18. The second-order valence-electron chi connectivity index (χ2n) is 5.79. The third kappa shape index (κ3) is 4.86. The maximum Gasteiger partial charge on any atom is 0.00697 e. The molecule has 1 fully saturated rings. The highest BCUT2D eigenvalue weighted by molar-refractivity contribution is 4.82. The number of rotatable bonds is 8. The monoisotopic (exact) mass is 225 g/mol. The van der Waals surface area contributed by atoms with Crippen molar-refractivity contribution in [2.45, 2.75) is 84.1 Å². The van der Waals surface area contributed by atoms with Crippen molar-refractivity contribution in [2.24, 2.45) is 17.6 Å². The van der Waals surface area contributed by atoms with Crippen LogP contribution in [-0.4, -0.2) is 6.04 Å². The molecule has 0 spiro atoms. The highest BCUT2D eigenvalue weighted by Crippen LogP contribution is 2.34. The molecule has 1 aliphatic carbocycles. The molecule has 1 aliphatic rings. The van der Waals surface area contributed by atoms with Crippen LogP contribution in [0.1, 0.15) is 78.1 Å². The fraction of sp³-hybridized carbons (Fsp3) is 1.00. The van der Waals surface area contributed by atoms with Crippen LogP contribution in [0.2, 0.25) is 0 Å². The summed E-state index contributed by atoms with van der Waals surface area (Å²) in [7, 11) is 0. The zero-order chi connectivity index (χ0) is 11.8. The van der Waals surface area contributed by atoms with Gasteiger partial charge in [-0.3, -0.25) is 0 Å². The van der Waals surface area contributed by atoms with Crippen molar-refractivity contribution in [3.8, 4) is 0 Å². The maximum atomic E-state index is 6.31. The van der Waals surface area contributed by atoms with Crippen molar-refractivity contribution in [3.63, 3.8) is 0 Å². The molecule has 16 heavy (non-hydrogen) atoms. The maximum absolute atomic E-state index is 6.31. The normalized spacial score (nSPS) is 27.2. The van der Waals surface area contributed by atoms with Gasteiger partial charge in [-0.2, -0.15) is 0 Å². The molecule has 1 saturated carbocycles. The molecule has 96 valence electrons. The number of nitrogens with two attached hydrogens (primary N) is 1. The summed E-state index contributed by atoms with van der Waals surface area (Å²) < 4.78 is 0. The summed E-state index contributed by atoms with van der Waals surface area (Å²) >= 11 is 0. The molecule has 3 unspecified atom stereocenters. The minimum atomic E-state index is 0.490. The molecule has 3 atom stereocenters. The average molecular weight is 225 g/mol. The molecule has 0 aromatic rings. The topological polar surface area (TPSA) is 26.0 Å². The summed E-state index contributed by atoms with van der Waals surface area (Å²) in [5.41, 5.74) is 6.31. The van der Waals surface area contributed by atoms with E-state index < -0.39 is 0 Å². The van der Waals surface area contributed by atoms with Gasteiger partial charge in [0.05, 0.1) is 0 Å². The molecule has 0 amide bonds. The molecule has 1 nitrogen and oxygen atoms in total. The Morgan fingerprint density at radius 1 is 1.06 bits per heavy atom. The lowest BCUT2D eigenvalue weighted by atomic mass is 9.88. The minimum absolute atomic E-state index is 0.490. The Bertz CT molecular complexity index is 167. The smallest absolute Gasteiger partial charge is 0.00697 e. The van der Waals surface area contributed by atoms with E-state index in [0.717, 1.165) is 11.8 Å². The van der Waals surface area contributed by atoms with Gasteiger partial charge >= 0.3 is 0 Å². The first-order chi connectivity index (χ1) is 7.75. The van der Waals surface area contributed by atoms with Crippen molar-refractivity contribution in [3.05, 3.63) is 0 Å². The molecular weight excluding hydrogens is 194 g/mol. The van der Waals surface area contributed by atoms with Gasteiger partial charge in [-0.15, -0.1) is 0 Å². The third-order valence-electron chi connectivity index (χ3n) is 4.37. The molecule has 0 heterocycles. The lowest BCUT2D eigenvalue weighted by Crippen LogP contribution is -2.31. The van der Waals surface area contributed by atoms with Gasteiger partial charge in [0, 0.05) is 6.04 Å². The predicted molar refractivity (Wildman–Crippen MR) is 72.5 cm³/mol. The second kappa shape index (κ2) is 8.11. The van der Waals surface area contributed by atoms with Crippen LogP contribution in [-0.2, 0) is 0 Å². The van der Waals surface area contributed by atoms with E-state index in [1.807, 2.05) is 0 Å². The summed E-state index contributed by atoms with van der Waals surface area (Å²) in [6.45, 7) is 4.66. The zero-order valence-corrected chi connectivity index (χ0v) is 11.4. The van der Waals surface area contributed by atoms with Crippen LogP contribution >= 0.6 is 0 Å². The molecule has 1 rings (SSSR count). The minimum Gasteiger partial charge on any atom is -0.327 e. The van der Waals surface area contributed by atoms with Crippen molar-refractivity contribution in [1.82, 2.24) is 0 Å². The molecule has 0 radical (unpaired) electrons. The van der Waals surface area contributed by atoms with E-state index in [2.05, 4.69) is 13.8 Å². The van der Waals surface area contributed by atoms with Crippen molar-refractivity contribution >= 4 is 0 Å². The van der Waals surface area contributed by atoms with Crippen LogP contribution in [0.4, 0.5) is 0 Å². The standard InChI is InChI=1S/C15H31N/c1-3-4-5-6-7-8-12-15(16)14-11-9-10-13(14)2/h13-15H,3-12,16H2,1-2H3. The van der Waals surface area contributed by atoms with Gasteiger partial charge in [0.15, 0.2) is 0 Å². The van der Waals surface area contributed by atoms with E-state index in [1.54, 1.807) is 0 Å². The van der Waals surface area contributed by atoms with Crippen LogP contribution < -0.4 is 5.73 Å². The first-order valence-electron chi connectivity index (χ1n) is 7.51. The summed E-state index contributed by atoms with van der Waals surface area (Å²) in [5.74, 6) is 1.71. The molecular formula is C15H31N. The molecule has 0 bridgehead atoms. The van der Waals surface area contributed by atoms with Crippen LogP contribution in [0.25, 0.3) is 0 Å². The summed E-state index contributed by atoms with van der Waals surface area (Å²) in [6.07, 6.45) is 13.8. The highest BCUT2D eigenvalue weighted by atomic mass is 14.7. The first kappa shape index (κ1) is 14.0. The number of hydrogen-bond donors (Lipinski definition) is 1. The van der Waals surface area contributed by atoms with E-state index in [1.165, 1.54) is 64.2 Å². The van der Waals surface area contributed by atoms with Crippen LogP contribution in [0, 0.1) is 11.8 Å². The molecule has 2 N–H and O–H groups in total. The van der Waals surface area contributed by atoms with Gasteiger partial charge in [-0.1, -0.05) is 65.2 Å². The Hall–Kier alpha value is -0.0400. The van der Waals surface area contributed by atoms with Crippen LogP contribution in [0.5, 0.6) is 0 Å². The van der Waals surface area contributed by atoms with Gasteiger partial charge in [-0.25, -0.2) is 0 Å². The van der Waals surface area contributed by atoms with Gasteiger partial charge in [0.25, 0.3) is 0 Å². The first-order valence-corrected chi connectivity index (χ1v) is 7.51. The van der Waals surface area contributed by atoms with Crippen molar-refractivity contribution in [2.75, 3.05) is 0 Å². The molecule has 0 aliphatic heterocycles. The second-order valence-corrected chi connectivity index (χ2v) is 5.79. The van der Waals surface area contributed by atoms with E-state index >= 15 is 0 Å². The predicted octanol–water partition coefficient (Wildman–Crippen LogP) is 4.50. The number of unbranched alkanes of at least 4 members (excludes halogenated alkanes) is 5. The van der Waals surface area contributed by atoms with Gasteiger partial charge in [0.1, 0.15) is 0 Å². The highest BCUT2D eigenvalue weighted by Gasteiger charge is 2.27. The lowest BCUT2D eigenvalue weighted by molar-refractivity contribution is 0.324. The van der Waals surface area contributed by atoms with Crippen LogP contribution in [0.3, 0.4) is 0 Å². The van der Waals surface area contributed by atoms with E-state index in [9.17, 15) is 0 Å². The third-order valence-corrected chi connectivity index (χ3v) is 4.37. The molecule has 0 saturated heterocycles. The van der Waals surface area contributed by atoms with Gasteiger partial charge in [-0.05, 0) is 24.7 Å². The Morgan fingerprint density at radius 3 is 2.38 bits per heavy atom. The summed E-state index contributed by atoms with van der Waals surface area (Å²) in [6, 6.07) is 0.490. The van der Waals surface area contributed by atoms with E-state index in [0.29, 0.717) is 6.04 Å². The van der Waals surface area contributed by atoms with E-state index in [4.69, 9.17) is 5.73 Å².